The van der Waals surface area contributed by atoms with Crippen LogP contribution < -0.4 is 50.2 Å². The average molecular weight is 500 g/mol. The van der Waals surface area contributed by atoms with Gasteiger partial charge in [-0.3, -0.25) is 0 Å². The van der Waals surface area contributed by atoms with Crippen LogP contribution in [0.1, 0.15) is 0 Å². The van der Waals surface area contributed by atoms with Crippen molar-refractivity contribution in [1.29, 1.82) is 0 Å². The first kappa shape index (κ1) is 20.6. The highest BCUT2D eigenvalue weighted by Gasteiger charge is 2.52. The Bertz CT molecular complexity index is 908. The van der Waals surface area contributed by atoms with E-state index < -0.39 is 7.26 Å². The summed E-state index contributed by atoms with van der Waals surface area (Å²) in [5.41, 5.74) is 0.996. The van der Waals surface area contributed by atoms with Crippen molar-refractivity contribution in [2.24, 2.45) is 0 Å². The first-order chi connectivity index (χ1) is 13.2. The summed E-state index contributed by atoms with van der Waals surface area (Å²) in [6.07, 6.45) is 1.56. The lowest BCUT2D eigenvalue weighted by molar-refractivity contribution is -0.00000579. The minimum absolute atomic E-state index is 0. The highest BCUT2D eigenvalue weighted by Crippen LogP contribution is 2.55. The standard InChI is InChI=1S/C23H22N2OP.HI/c1-25(2)23-22(24-18-26-23)27(19-12-6-3-7-13-19,20-14-8-4-9-15-20)21-16-10-5-11-17-21;/h3-18H,1-2H3;1H/q+1;/p-1. The van der Waals surface area contributed by atoms with E-state index in [2.05, 4.69) is 91.0 Å². The predicted octanol–water partition coefficient (Wildman–Crippen LogP) is 0.364. The van der Waals surface area contributed by atoms with Crippen LogP contribution in [-0.2, 0) is 0 Å². The highest BCUT2D eigenvalue weighted by atomic mass is 127. The molecule has 142 valence electrons. The first-order valence-corrected chi connectivity index (χ1v) is 10.7. The van der Waals surface area contributed by atoms with Gasteiger partial charge in [-0.1, -0.05) is 54.6 Å². The number of anilines is 1. The summed E-state index contributed by atoms with van der Waals surface area (Å²) < 4.78 is 5.84. The minimum Gasteiger partial charge on any atom is -1.00 e. The molecule has 0 saturated heterocycles. The quantitative estimate of drug-likeness (QED) is 0.293. The second kappa shape index (κ2) is 8.89. The molecular weight excluding hydrogens is 478 g/mol. The molecule has 28 heavy (non-hydrogen) atoms. The van der Waals surface area contributed by atoms with Crippen molar-refractivity contribution in [2.45, 2.75) is 0 Å². The molecule has 0 atom stereocenters. The summed E-state index contributed by atoms with van der Waals surface area (Å²) in [7, 11) is 1.80. The Labute approximate surface area is 183 Å². The Balaban J connectivity index is 0.00000225. The van der Waals surface area contributed by atoms with Gasteiger partial charge in [0.1, 0.15) is 15.9 Å². The van der Waals surface area contributed by atoms with Crippen LogP contribution in [0.25, 0.3) is 0 Å². The van der Waals surface area contributed by atoms with E-state index in [9.17, 15) is 0 Å². The number of rotatable bonds is 5. The normalized spacial score (nSPS) is 10.9. The molecule has 1 aromatic heterocycles. The maximum Gasteiger partial charge on any atom is 0.261 e. The number of hydrogen-bond acceptors (Lipinski definition) is 3. The van der Waals surface area contributed by atoms with Gasteiger partial charge in [-0.15, -0.1) is 0 Å². The fourth-order valence-corrected chi connectivity index (χ4v) is 7.78. The average Bonchev–Trinajstić information content (AvgIpc) is 3.22. The van der Waals surface area contributed by atoms with E-state index in [1.54, 1.807) is 6.39 Å². The zero-order valence-electron chi connectivity index (χ0n) is 15.9. The van der Waals surface area contributed by atoms with Crippen LogP contribution in [0.15, 0.2) is 102 Å². The van der Waals surface area contributed by atoms with E-state index in [0.717, 1.165) is 11.3 Å². The van der Waals surface area contributed by atoms with Crippen molar-refractivity contribution < 1.29 is 28.4 Å². The van der Waals surface area contributed by atoms with Crippen molar-refractivity contribution in [1.82, 2.24) is 4.98 Å². The Morgan fingerprint density at radius 3 is 1.43 bits per heavy atom. The van der Waals surface area contributed by atoms with Crippen LogP contribution in [0, 0.1) is 0 Å². The molecule has 0 fully saturated rings. The van der Waals surface area contributed by atoms with Gasteiger partial charge >= 0.3 is 0 Å². The van der Waals surface area contributed by atoms with Crippen molar-refractivity contribution >= 4 is 34.5 Å². The maximum atomic E-state index is 5.84. The third-order valence-electron chi connectivity index (χ3n) is 4.68. The molecule has 0 aliphatic heterocycles. The van der Waals surface area contributed by atoms with Crippen molar-refractivity contribution in [3.8, 4) is 0 Å². The molecule has 0 aliphatic carbocycles. The Hall–Kier alpha value is -2.17. The van der Waals surface area contributed by atoms with Gasteiger partial charge in [0.05, 0.1) is 0 Å². The molecule has 1 heterocycles. The summed E-state index contributed by atoms with van der Waals surface area (Å²) in [5, 5.41) is 3.79. The number of aromatic nitrogens is 1. The van der Waals surface area contributed by atoms with E-state index in [1.165, 1.54) is 15.9 Å². The first-order valence-electron chi connectivity index (χ1n) is 8.92. The minimum atomic E-state index is -2.20. The largest absolute Gasteiger partial charge is 1.00 e. The zero-order chi connectivity index (χ0) is 18.7. The summed E-state index contributed by atoms with van der Waals surface area (Å²) in [6.45, 7) is 0. The van der Waals surface area contributed by atoms with Crippen molar-refractivity contribution in [3.05, 3.63) is 97.4 Å². The van der Waals surface area contributed by atoms with Gasteiger partial charge in [0, 0.05) is 14.1 Å². The second-order valence-electron chi connectivity index (χ2n) is 6.55. The number of nitrogens with zero attached hydrogens (tertiary/aromatic N) is 2. The molecule has 0 aliphatic rings. The fourth-order valence-electron chi connectivity index (χ4n) is 3.54. The van der Waals surface area contributed by atoms with Crippen LogP contribution in [0.3, 0.4) is 0 Å². The molecule has 0 spiro atoms. The summed E-state index contributed by atoms with van der Waals surface area (Å²) in [6, 6.07) is 32.1. The van der Waals surface area contributed by atoms with E-state index in [4.69, 9.17) is 9.40 Å². The van der Waals surface area contributed by atoms with Crippen LogP contribution in [0.4, 0.5) is 5.88 Å². The maximum absolute atomic E-state index is 5.84. The lowest BCUT2D eigenvalue weighted by atomic mass is 10.4. The molecule has 5 heteroatoms. The van der Waals surface area contributed by atoms with Gasteiger partial charge in [0.2, 0.25) is 0 Å². The molecule has 0 radical (unpaired) electrons. The number of benzene rings is 3. The lowest BCUT2D eigenvalue weighted by Crippen LogP contribution is -3.00. The van der Waals surface area contributed by atoms with E-state index in [0.29, 0.717) is 0 Å². The van der Waals surface area contributed by atoms with Crippen molar-refractivity contribution in [3.63, 3.8) is 0 Å². The predicted molar refractivity (Wildman–Crippen MR) is 116 cm³/mol. The highest BCUT2D eigenvalue weighted by molar-refractivity contribution is 8.01. The smallest absolute Gasteiger partial charge is 0.261 e. The molecule has 4 rings (SSSR count). The molecular formula is C23H22IN2OP. The van der Waals surface area contributed by atoms with Gasteiger partial charge < -0.3 is 33.3 Å². The van der Waals surface area contributed by atoms with E-state index in [-0.39, 0.29) is 24.0 Å². The Morgan fingerprint density at radius 2 is 1.07 bits per heavy atom. The molecule has 4 aromatic rings. The Kier molecular flexibility index (Phi) is 6.53. The molecule has 3 nitrogen and oxygen atoms in total. The molecule has 3 aromatic carbocycles. The van der Waals surface area contributed by atoms with E-state index >= 15 is 0 Å². The van der Waals surface area contributed by atoms with Gasteiger partial charge in [0.15, 0.2) is 13.7 Å². The number of oxazole rings is 1. The Morgan fingerprint density at radius 1 is 0.679 bits per heavy atom. The molecule has 0 unspecified atom stereocenters. The fraction of sp³-hybridized carbons (Fsp3) is 0.0870. The van der Waals surface area contributed by atoms with Gasteiger partial charge in [-0.25, -0.2) is 0 Å². The molecule has 0 amide bonds. The molecule has 0 saturated carbocycles. The SMILES string of the molecule is CN(C)c1ocnc1[P+](c1ccccc1)(c1ccccc1)c1ccccc1.[I-]. The van der Waals surface area contributed by atoms with Gasteiger partial charge in [-0.05, 0) is 36.4 Å². The van der Waals surface area contributed by atoms with Crippen LogP contribution in [-0.4, -0.2) is 19.1 Å². The van der Waals surface area contributed by atoms with Gasteiger partial charge in [-0.2, -0.15) is 4.98 Å². The number of hydrogen-bond donors (Lipinski definition) is 0. The monoisotopic (exact) mass is 500 g/mol. The zero-order valence-corrected chi connectivity index (χ0v) is 18.9. The topological polar surface area (TPSA) is 29.3 Å². The molecule has 0 bridgehead atoms. The third-order valence-corrected chi connectivity index (χ3v) is 8.85. The molecule has 0 N–H and O–H groups in total. The van der Waals surface area contributed by atoms with Crippen molar-refractivity contribution in [2.75, 3.05) is 19.0 Å². The second-order valence-corrected chi connectivity index (χ2v) is 9.87. The lowest BCUT2D eigenvalue weighted by Gasteiger charge is -2.26. The van der Waals surface area contributed by atoms with Gasteiger partial charge in [0.25, 0.3) is 11.3 Å². The summed E-state index contributed by atoms with van der Waals surface area (Å²) >= 11 is 0. The van der Waals surface area contributed by atoms with Crippen LogP contribution in [0.2, 0.25) is 0 Å². The third kappa shape index (κ3) is 3.47. The summed E-state index contributed by atoms with van der Waals surface area (Å²) in [4.78, 5) is 6.79. The van der Waals surface area contributed by atoms with Crippen LogP contribution in [0.5, 0.6) is 0 Å². The summed E-state index contributed by atoms with van der Waals surface area (Å²) in [5.74, 6) is 0.805. The number of halogens is 1. The van der Waals surface area contributed by atoms with Crippen LogP contribution >= 0.6 is 7.26 Å². The van der Waals surface area contributed by atoms with E-state index in [1.807, 2.05) is 19.0 Å².